The van der Waals surface area contributed by atoms with Crippen LogP contribution in [0.1, 0.15) is 81.5 Å². The van der Waals surface area contributed by atoms with E-state index in [-0.39, 0.29) is 0 Å². The van der Waals surface area contributed by atoms with Gasteiger partial charge in [-0.2, -0.15) is 23.5 Å². The molecule has 0 amide bonds. The van der Waals surface area contributed by atoms with Gasteiger partial charge in [-0.15, -0.1) is 0 Å². The van der Waals surface area contributed by atoms with E-state index >= 15 is 0 Å². The Morgan fingerprint density at radius 3 is 1.60 bits per heavy atom. The Morgan fingerprint density at radius 2 is 1.15 bits per heavy atom. The quantitative estimate of drug-likeness (QED) is 0.0381. The van der Waals surface area contributed by atoms with E-state index in [1.54, 1.807) is 29.8 Å². The van der Waals surface area contributed by atoms with Gasteiger partial charge in [0.25, 0.3) is 12.4 Å². The second-order valence-electron chi connectivity index (χ2n) is 11.7. The van der Waals surface area contributed by atoms with Crippen molar-refractivity contribution in [3.63, 3.8) is 0 Å². The average Bonchev–Trinajstić information content (AvgIpc) is 3.72. The molecule has 0 aliphatic heterocycles. The van der Waals surface area contributed by atoms with Crippen LogP contribution >= 0.6 is 23.5 Å². The molecule has 2 aromatic rings. The van der Waals surface area contributed by atoms with Crippen LogP contribution in [0.15, 0.2) is 63.4 Å². The SMILES string of the molecule is CN(C)Cc1ccc(CSCCN/C(=C/[N+](=O)[O-])NCCCCCCCCCCCCN/C(=C/[N+](=O)[O-])NCCSCc2ccco2)o1. The molecule has 0 atom stereocenters. The van der Waals surface area contributed by atoms with Crippen molar-refractivity contribution in [3.05, 3.63) is 92.1 Å². The number of nitrogens with zero attached hydrogens (tertiary/aromatic N) is 3. The summed E-state index contributed by atoms with van der Waals surface area (Å²) in [5.74, 6) is 6.92. The molecular weight excluding hydrogens is 655 g/mol. The second kappa shape index (κ2) is 26.6. The molecule has 0 saturated heterocycles. The summed E-state index contributed by atoms with van der Waals surface area (Å²) >= 11 is 3.44. The van der Waals surface area contributed by atoms with Crippen molar-refractivity contribution in [1.29, 1.82) is 0 Å². The van der Waals surface area contributed by atoms with Gasteiger partial charge in [-0.05, 0) is 51.2 Å². The molecule has 0 aliphatic rings. The van der Waals surface area contributed by atoms with Crippen LogP contribution in [0.25, 0.3) is 0 Å². The average molecular weight is 710 g/mol. The molecule has 0 aliphatic carbocycles. The van der Waals surface area contributed by atoms with Crippen LogP contribution in [0.2, 0.25) is 0 Å². The summed E-state index contributed by atoms with van der Waals surface area (Å²) in [5.41, 5.74) is 0. The zero-order valence-corrected chi connectivity index (χ0v) is 30.2. The molecule has 0 radical (unpaired) electrons. The Bertz CT molecular complexity index is 1190. The Labute approximate surface area is 293 Å². The Morgan fingerprint density at radius 1 is 0.688 bits per heavy atom. The number of hydrogen-bond donors (Lipinski definition) is 4. The van der Waals surface area contributed by atoms with Crippen LogP contribution in [0, 0.1) is 20.2 Å². The standard InChI is InChI=1S/C33H55N7O6S2/c1-38(2)24-29-15-16-31(46-29)28-48-23-20-37-33(26-40(43)44)35-18-12-10-8-6-4-3-5-7-9-11-17-34-32(25-39(41)42)36-19-22-47-27-30-14-13-21-45-30/h13-16,21,25-26,34-37H,3-12,17-20,22-24,27-28H2,1-2H3/b32-25-,33-26+. The summed E-state index contributed by atoms with van der Waals surface area (Å²) in [6.45, 7) is 3.45. The zero-order valence-electron chi connectivity index (χ0n) is 28.6. The fourth-order valence-electron chi connectivity index (χ4n) is 4.78. The van der Waals surface area contributed by atoms with Crippen LogP contribution in [0.4, 0.5) is 0 Å². The molecule has 48 heavy (non-hydrogen) atoms. The maximum absolute atomic E-state index is 11.0. The lowest BCUT2D eigenvalue weighted by molar-refractivity contribution is -0.404. The molecule has 0 bridgehead atoms. The summed E-state index contributed by atoms with van der Waals surface area (Å²) in [5, 5.41) is 34.6. The Balaban J connectivity index is 1.41. The molecule has 15 heteroatoms. The summed E-state index contributed by atoms with van der Waals surface area (Å²) in [4.78, 5) is 23.2. The van der Waals surface area contributed by atoms with Gasteiger partial charge in [0.15, 0.2) is 11.6 Å². The molecule has 0 aromatic carbocycles. The van der Waals surface area contributed by atoms with Crippen LogP contribution in [-0.2, 0) is 18.1 Å². The van der Waals surface area contributed by atoms with Crippen molar-refractivity contribution in [2.24, 2.45) is 0 Å². The summed E-state index contributed by atoms with van der Waals surface area (Å²) in [7, 11) is 4.01. The van der Waals surface area contributed by atoms with Gasteiger partial charge in [0.2, 0.25) is 0 Å². The van der Waals surface area contributed by atoms with E-state index < -0.39 is 9.85 Å². The van der Waals surface area contributed by atoms with E-state index in [4.69, 9.17) is 8.83 Å². The second-order valence-corrected chi connectivity index (χ2v) is 13.9. The van der Waals surface area contributed by atoms with Crippen molar-refractivity contribution in [2.75, 3.05) is 51.8 Å². The maximum Gasteiger partial charge on any atom is 0.274 e. The lowest BCUT2D eigenvalue weighted by Gasteiger charge is -2.11. The zero-order chi connectivity index (χ0) is 34.7. The van der Waals surface area contributed by atoms with Gasteiger partial charge >= 0.3 is 0 Å². The van der Waals surface area contributed by atoms with Crippen LogP contribution in [0.3, 0.4) is 0 Å². The van der Waals surface area contributed by atoms with E-state index in [1.807, 2.05) is 38.4 Å². The molecule has 2 rings (SSSR count). The third kappa shape index (κ3) is 22.3. The largest absolute Gasteiger partial charge is 0.468 e. The highest BCUT2D eigenvalue weighted by atomic mass is 32.2. The first kappa shape index (κ1) is 40.9. The van der Waals surface area contributed by atoms with Gasteiger partial charge in [0.1, 0.15) is 17.3 Å². The third-order valence-corrected chi connectivity index (χ3v) is 9.05. The number of furan rings is 2. The number of rotatable bonds is 31. The van der Waals surface area contributed by atoms with Crippen molar-refractivity contribution in [2.45, 2.75) is 82.3 Å². The maximum atomic E-state index is 11.0. The molecule has 270 valence electrons. The first-order chi connectivity index (χ1) is 23.3. The first-order valence-electron chi connectivity index (χ1n) is 16.9. The first-order valence-corrected chi connectivity index (χ1v) is 19.2. The monoisotopic (exact) mass is 709 g/mol. The van der Waals surface area contributed by atoms with Crippen molar-refractivity contribution >= 4 is 23.5 Å². The van der Waals surface area contributed by atoms with E-state index in [1.165, 1.54) is 25.7 Å². The summed E-state index contributed by atoms with van der Waals surface area (Å²) < 4.78 is 11.1. The van der Waals surface area contributed by atoms with Gasteiger partial charge in [0, 0.05) is 37.7 Å². The minimum Gasteiger partial charge on any atom is -0.468 e. The molecule has 2 heterocycles. The van der Waals surface area contributed by atoms with E-state index in [0.717, 1.165) is 97.8 Å². The molecule has 13 nitrogen and oxygen atoms in total. The fraction of sp³-hybridized carbons (Fsp3) is 0.636. The molecule has 0 unspecified atom stereocenters. The molecule has 0 fully saturated rings. The predicted octanol–water partition coefficient (Wildman–Crippen LogP) is 6.51. The third-order valence-electron chi connectivity index (χ3n) is 7.09. The smallest absolute Gasteiger partial charge is 0.274 e. The summed E-state index contributed by atoms with van der Waals surface area (Å²) in [6, 6.07) is 7.81. The van der Waals surface area contributed by atoms with E-state index in [9.17, 15) is 20.2 Å². The number of thioether (sulfide) groups is 2. The molecular formula is C33H55N7O6S2. The number of nitro groups is 2. The topological polar surface area (TPSA) is 164 Å². The van der Waals surface area contributed by atoms with Crippen LogP contribution < -0.4 is 21.3 Å². The predicted molar refractivity (Wildman–Crippen MR) is 195 cm³/mol. The summed E-state index contributed by atoms with van der Waals surface area (Å²) in [6.07, 6.45) is 14.9. The number of nitrogens with one attached hydrogen (secondary N) is 4. The van der Waals surface area contributed by atoms with Gasteiger partial charge < -0.3 is 35.0 Å². The van der Waals surface area contributed by atoms with Gasteiger partial charge in [-0.25, -0.2) is 0 Å². The Hall–Kier alpha value is -3.30. The minimum atomic E-state index is -0.433. The number of unbranched alkanes of at least 4 members (excludes halogenated alkanes) is 9. The lowest BCUT2D eigenvalue weighted by Crippen LogP contribution is -2.29. The van der Waals surface area contributed by atoms with Crippen LogP contribution in [-0.4, -0.2) is 66.5 Å². The van der Waals surface area contributed by atoms with Gasteiger partial charge in [0.05, 0.1) is 34.2 Å². The van der Waals surface area contributed by atoms with Crippen molar-refractivity contribution < 1.29 is 18.7 Å². The lowest BCUT2D eigenvalue weighted by atomic mass is 10.1. The molecule has 2 aromatic heterocycles. The molecule has 4 N–H and O–H groups in total. The minimum absolute atomic E-state index is 0.428. The van der Waals surface area contributed by atoms with Gasteiger partial charge in [-0.3, -0.25) is 20.2 Å². The number of hydrogen-bond acceptors (Lipinski definition) is 13. The van der Waals surface area contributed by atoms with Crippen LogP contribution in [0.5, 0.6) is 0 Å². The fourth-order valence-corrected chi connectivity index (χ4v) is 6.28. The molecule has 0 saturated carbocycles. The highest BCUT2D eigenvalue weighted by Crippen LogP contribution is 2.16. The molecule has 0 spiro atoms. The normalized spacial score (nSPS) is 12.0. The Kier molecular flexibility index (Phi) is 22.7. The van der Waals surface area contributed by atoms with Gasteiger partial charge in [-0.1, -0.05) is 51.4 Å². The van der Waals surface area contributed by atoms with Crippen molar-refractivity contribution in [3.8, 4) is 0 Å². The van der Waals surface area contributed by atoms with Crippen molar-refractivity contribution in [1.82, 2.24) is 26.2 Å². The highest BCUT2D eigenvalue weighted by molar-refractivity contribution is 7.98. The van der Waals surface area contributed by atoms with E-state index in [0.29, 0.717) is 37.8 Å². The van der Waals surface area contributed by atoms with E-state index in [2.05, 4.69) is 26.2 Å². The highest BCUT2D eigenvalue weighted by Gasteiger charge is 2.06.